The Kier molecular flexibility index (Phi) is 4.33. The number of hydrogen-bond acceptors (Lipinski definition) is 4. The van der Waals surface area contributed by atoms with Crippen molar-refractivity contribution in [2.45, 2.75) is 0 Å². The maximum Gasteiger partial charge on any atom is 0.337 e. The maximum atomic E-state index is 11.5. The second-order valence-corrected chi connectivity index (χ2v) is 5.16. The summed E-state index contributed by atoms with van der Waals surface area (Å²) < 4.78 is 30.1. The highest BCUT2D eigenvalue weighted by atomic mass is 32.2. The molecule has 0 atom stereocenters. The van der Waals surface area contributed by atoms with Crippen molar-refractivity contribution in [1.29, 1.82) is 0 Å². The molecule has 0 saturated heterocycles. The van der Waals surface area contributed by atoms with Crippen LogP contribution in [-0.2, 0) is 10.0 Å². The van der Waals surface area contributed by atoms with E-state index in [1.165, 1.54) is 31.4 Å². The van der Waals surface area contributed by atoms with Gasteiger partial charge in [0.25, 0.3) is 0 Å². The van der Waals surface area contributed by atoms with Crippen LogP contribution in [0.5, 0.6) is 5.75 Å². The molecule has 7 heteroatoms. The van der Waals surface area contributed by atoms with Crippen molar-refractivity contribution in [3.8, 4) is 5.75 Å². The van der Waals surface area contributed by atoms with E-state index in [1.807, 2.05) is 0 Å². The van der Waals surface area contributed by atoms with Crippen molar-refractivity contribution in [3.63, 3.8) is 0 Å². The summed E-state index contributed by atoms with van der Waals surface area (Å²) in [6.07, 6.45) is 1.21. The number of methoxy groups -OCH3 is 1. The van der Waals surface area contributed by atoms with Crippen molar-refractivity contribution in [2.24, 2.45) is 0 Å². The molecule has 98 valence electrons. The first kappa shape index (κ1) is 14.0. The predicted octanol–water partition coefficient (Wildman–Crippen LogP) is 1.32. The maximum absolute atomic E-state index is 11.5. The van der Waals surface area contributed by atoms with E-state index in [4.69, 9.17) is 9.84 Å². The first-order chi connectivity index (χ1) is 8.39. The van der Waals surface area contributed by atoms with Crippen LogP contribution >= 0.6 is 0 Å². The molecule has 6 nitrogen and oxygen atoms in total. The lowest BCUT2D eigenvalue weighted by Crippen LogP contribution is -2.17. The zero-order chi connectivity index (χ0) is 13.8. The summed E-state index contributed by atoms with van der Waals surface area (Å²) in [5, 5.41) is 9.00. The van der Waals surface area contributed by atoms with Gasteiger partial charge in [-0.1, -0.05) is 6.08 Å². The standard InChI is InChI=1S/C11H13NO5S/c1-3-6-18(15,16)12-10-5-4-8(17-2)7-9(10)11(13)14/h3-5,7,12H,1,6H2,2H3,(H,13,14). The van der Waals surface area contributed by atoms with Gasteiger partial charge in [-0.3, -0.25) is 4.72 Å². The molecule has 0 heterocycles. The number of carboxylic acids is 1. The third-order valence-electron chi connectivity index (χ3n) is 2.06. The average molecular weight is 271 g/mol. The smallest absolute Gasteiger partial charge is 0.337 e. The fourth-order valence-corrected chi connectivity index (χ4v) is 2.19. The number of aromatic carboxylic acids is 1. The Bertz CT molecular complexity index is 565. The van der Waals surface area contributed by atoms with Crippen LogP contribution in [0.1, 0.15) is 10.4 Å². The van der Waals surface area contributed by atoms with Gasteiger partial charge in [0.1, 0.15) is 5.75 Å². The molecular weight excluding hydrogens is 258 g/mol. The van der Waals surface area contributed by atoms with Crippen molar-refractivity contribution >= 4 is 21.7 Å². The van der Waals surface area contributed by atoms with Gasteiger partial charge in [-0.25, -0.2) is 13.2 Å². The summed E-state index contributed by atoms with van der Waals surface area (Å²) in [5.41, 5.74) is -0.188. The van der Waals surface area contributed by atoms with E-state index in [0.717, 1.165) is 0 Å². The van der Waals surface area contributed by atoms with E-state index < -0.39 is 16.0 Å². The van der Waals surface area contributed by atoms with Crippen molar-refractivity contribution in [3.05, 3.63) is 36.4 Å². The summed E-state index contributed by atoms with van der Waals surface area (Å²) in [6, 6.07) is 4.05. The van der Waals surface area contributed by atoms with Crippen LogP contribution < -0.4 is 9.46 Å². The topological polar surface area (TPSA) is 92.7 Å². The van der Waals surface area contributed by atoms with Gasteiger partial charge in [-0.2, -0.15) is 0 Å². The zero-order valence-electron chi connectivity index (χ0n) is 9.71. The quantitative estimate of drug-likeness (QED) is 0.761. The molecule has 1 rings (SSSR count). The highest BCUT2D eigenvalue weighted by Crippen LogP contribution is 2.23. The van der Waals surface area contributed by atoms with Gasteiger partial charge in [-0.15, -0.1) is 6.58 Å². The van der Waals surface area contributed by atoms with Gasteiger partial charge in [0.15, 0.2) is 0 Å². The summed E-state index contributed by atoms with van der Waals surface area (Å²) in [6.45, 7) is 3.32. The lowest BCUT2D eigenvalue weighted by atomic mass is 10.2. The zero-order valence-corrected chi connectivity index (χ0v) is 10.5. The molecule has 0 saturated carbocycles. The summed E-state index contributed by atoms with van der Waals surface area (Å²) in [7, 11) is -2.24. The van der Waals surface area contributed by atoms with Gasteiger partial charge in [0, 0.05) is 0 Å². The van der Waals surface area contributed by atoms with Gasteiger partial charge in [-0.05, 0) is 18.2 Å². The van der Waals surface area contributed by atoms with Crippen molar-refractivity contribution in [2.75, 3.05) is 17.6 Å². The van der Waals surface area contributed by atoms with Crippen LogP contribution in [0, 0.1) is 0 Å². The Balaban J connectivity index is 3.17. The van der Waals surface area contributed by atoms with E-state index in [0.29, 0.717) is 5.75 Å². The van der Waals surface area contributed by atoms with E-state index in [-0.39, 0.29) is 17.0 Å². The van der Waals surface area contributed by atoms with Crippen LogP contribution in [0.4, 0.5) is 5.69 Å². The molecule has 0 unspecified atom stereocenters. The highest BCUT2D eigenvalue weighted by molar-refractivity contribution is 7.92. The lowest BCUT2D eigenvalue weighted by molar-refractivity contribution is 0.0697. The molecule has 0 bridgehead atoms. The third kappa shape index (κ3) is 3.49. The van der Waals surface area contributed by atoms with Gasteiger partial charge >= 0.3 is 5.97 Å². The van der Waals surface area contributed by atoms with E-state index >= 15 is 0 Å². The number of hydrogen-bond donors (Lipinski definition) is 2. The van der Waals surface area contributed by atoms with Crippen LogP contribution in [0.15, 0.2) is 30.9 Å². The Morgan fingerprint density at radius 2 is 2.22 bits per heavy atom. The second kappa shape index (κ2) is 5.54. The molecule has 0 aliphatic carbocycles. The molecule has 0 fully saturated rings. The number of rotatable bonds is 6. The largest absolute Gasteiger partial charge is 0.497 e. The minimum Gasteiger partial charge on any atom is -0.497 e. The normalized spacial score (nSPS) is 10.7. The molecule has 0 amide bonds. The summed E-state index contributed by atoms with van der Waals surface area (Å²) in [5.74, 6) is -1.21. The number of benzene rings is 1. The Morgan fingerprint density at radius 3 is 2.72 bits per heavy atom. The van der Waals surface area contributed by atoms with E-state index in [9.17, 15) is 13.2 Å². The van der Waals surface area contributed by atoms with Crippen molar-refractivity contribution < 1.29 is 23.1 Å². The molecule has 0 radical (unpaired) electrons. The first-order valence-corrected chi connectivity index (χ1v) is 6.57. The molecule has 1 aromatic rings. The fraction of sp³-hybridized carbons (Fsp3) is 0.182. The van der Waals surface area contributed by atoms with Crippen LogP contribution in [0.2, 0.25) is 0 Å². The van der Waals surface area contributed by atoms with Crippen LogP contribution in [-0.4, -0.2) is 32.4 Å². The van der Waals surface area contributed by atoms with Crippen LogP contribution in [0.3, 0.4) is 0 Å². The number of ether oxygens (including phenoxy) is 1. The van der Waals surface area contributed by atoms with E-state index in [2.05, 4.69) is 11.3 Å². The van der Waals surface area contributed by atoms with Gasteiger partial charge in [0.2, 0.25) is 10.0 Å². The number of sulfonamides is 1. The van der Waals surface area contributed by atoms with E-state index in [1.54, 1.807) is 0 Å². The fourth-order valence-electron chi connectivity index (χ4n) is 1.28. The molecule has 1 aromatic carbocycles. The third-order valence-corrected chi connectivity index (χ3v) is 3.27. The highest BCUT2D eigenvalue weighted by Gasteiger charge is 2.16. The van der Waals surface area contributed by atoms with Gasteiger partial charge < -0.3 is 9.84 Å². The SMILES string of the molecule is C=CCS(=O)(=O)Nc1ccc(OC)cc1C(=O)O. The second-order valence-electron chi connectivity index (χ2n) is 3.39. The van der Waals surface area contributed by atoms with Crippen molar-refractivity contribution in [1.82, 2.24) is 0 Å². The molecule has 0 spiro atoms. The average Bonchev–Trinajstić information content (AvgIpc) is 2.28. The lowest BCUT2D eigenvalue weighted by Gasteiger charge is -2.10. The number of carbonyl (C=O) groups is 1. The first-order valence-electron chi connectivity index (χ1n) is 4.92. The Labute approximate surface area is 105 Å². The summed E-state index contributed by atoms with van der Waals surface area (Å²) >= 11 is 0. The summed E-state index contributed by atoms with van der Waals surface area (Å²) in [4.78, 5) is 11.0. The molecule has 18 heavy (non-hydrogen) atoms. The molecule has 2 N–H and O–H groups in total. The molecular formula is C11H13NO5S. The monoisotopic (exact) mass is 271 g/mol. The Hall–Kier alpha value is -2.02. The number of anilines is 1. The minimum absolute atomic E-state index is 0.00912. The van der Waals surface area contributed by atoms with Gasteiger partial charge in [0.05, 0.1) is 24.1 Å². The number of carboxylic acid groups (broad SMARTS) is 1. The Morgan fingerprint density at radius 1 is 1.56 bits per heavy atom. The van der Waals surface area contributed by atoms with Crippen LogP contribution in [0.25, 0.3) is 0 Å². The molecule has 0 aliphatic rings. The number of nitrogens with one attached hydrogen (secondary N) is 1. The molecule has 0 aliphatic heterocycles. The predicted molar refractivity (Wildman–Crippen MR) is 67.6 cm³/mol. The minimum atomic E-state index is -3.63. The molecule has 0 aromatic heterocycles.